The Morgan fingerprint density at radius 3 is 0.881 bits per heavy atom. The van der Waals surface area contributed by atoms with Crippen molar-refractivity contribution in [1.29, 1.82) is 0 Å². The molecule has 9 heteroatoms. The molecule has 2 unspecified atom stereocenters. The van der Waals surface area contributed by atoms with Crippen molar-refractivity contribution in [3.63, 3.8) is 0 Å². The van der Waals surface area contributed by atoms with Crippen LogP contribution in [0.4, 0.5) is 0 Å². The first-order valence-corrected chi connectivity index (χ1v) is 37.4. The van der Waals surface area contributed by atoms with Gasteiger partial charge in [-0.25, -0.2) is 4.79 Å². The summed E-state index contributed by atoms with van der Waals surface area (Å²) in [6, 6.07) is 0. The van der Waals surface area contributed by atoms with E-state index in [1.165, 1.54) is 327 Å². The Kier molecular flexibility index (Phi) is 65.4. The van der Waals surface area contributed by atoms with Crippen LogP contribution in [0.3, 0.4) is 0 Å². The molecule has 0 fully saturated rings. The molecular weight excluding hydrogens is 1040 g/mol. The molecule has 0 saturated heterocycles. The molecule has 0 spiro atoms. The van der Waals surface area contributed by atoms with Crippen LogP contribution in [0, 0.1) is 0 Å². The highest BCUT2D eigenvalue weighted by Crippen LogP contribution is 2.20. The van der Waals surface area contributed by atoms with Gasteiger partial charge in [-0.15, -0.1) is 0 Å². The van der Waals surface area contributed by atoms with Crippen LogP contribution < -0.4 is 0 Å². The highest BCUT2D eigenvalue weighted by Gasteiger charge is 2.25. The van der Waals surface area contributed by atoms with Gasteiger partial charge in [-0.1, -0.05) is 353 Å². The lowest BCUT2D eigenvalue weighted by molar-refractivity contribution is -0.870. The number of rotatable bonds is 71. The molecule has 0 aliphatic carbocycles. The summed E-state index contributed by atoms with van der Waals surface area (Å²) < 4.78 is 23.0. The number of esters is 2. The number of unbranched alkanes of at least 4 members (excludes halogenated alkanes) is 54. The van der Waals surface area contributed by atoms with Crippen molar-refractivity contribution in [3.8, 4) is 0 Å². The maximum Gasteiger partial charge on any atom is 0.361 e. The first-order chi connectivity index (χ1) is 41.1. The van der Waals surface area contributed by atoms with E-state index in [0.29, 0.717) is 17.4 Å². The Bertz CT molecular complexity index is 1380. The van der Waals surface area contributed by atoms with Gasteiger partial charge in [0.15, 0.2) is 6.10 Å². The van der Waals surface area contributed by atoms with Gasteiger partial charge in [0.25, 0.3) is 6.29 Å². The summed E-state index contributed by atoms with van der Waals surface area (Å²) >= 11 is 0. The second kappa shape index (κ2) is 67.0. The molecule has 0 aromatic rings. The monoisotopic (exact) mass is 1190 g/mol. The number of allylic oxidation sites excluding steroid dienone is 2. The summed E-state index contributed by atoms with van der Waals surface area (Å²) in [4.78, 5) is 37.6. The fraction of sp³-hybridized carbons (Fsp3) is 0.933. The minimum Gasteiger partial charge on any atom is -0.477 e. The number of aliphatic carboxylic acids is 1. The molecular formula is C75H146NO8+. The van der Waals surface area contributed by atoms with E-state index in [4.69, 9.17) is 18.9 Å². The number of carboxylic acid groups (broad SMARTS) is 1. The van der Waals surface area contributed by atoms with Gasteiger partial charge >= 0.3 is 17.9 Å². The van der Waals surface area contributed by atoms with Crippen molar-refractivity contribution >= 4 is 17.9 Å². The lowest BCUT2D eigenvalue weighted by Crippen LogP contribution is -2.40. The van der Waals surface area contributed by atoms with Crippen LogP contribution in [0.1, 0.15) is 393 Å². The summed E-state index contributed by atoms with van der Waals surface area (Å²) in [6.07, 6.45) is 79.3. The summed E-state index contributed by atoms with van der Waals surface area (Å²) in [5, 5.41) is 9.74. The summed E-state index contributed by atoms with van der Waals surface area (Å²) in [6.45, 7) is 4.96. The van der Waals surface area contributed by atoms with Gasteiger partial charge in [-0.3, -0.25) is 9.59 Å². The molecule has 1 N–H and O–H groups in total. The SMILES string of the molecule is CCCCCCCCCC/C=C\CCCCCCCCCCCC(=O)OC(COC(=O)CCCCCCCCCCCCCCCCCCCCCCCCCCCCCCCCCCCCCCCC)COC(OCC[N+](C)(C)C)C(=O)O. The molecule has 0 saturated carbocycles. The van der Waals surface area contributed by atoms with Gasteiger partial charge in [0, 0.05) is 12.8 Å². The minimum absolute atomic E-state index is 0.175. The predicted molar refractivity (Wildman–Crippen MR) is 360 cm³/mol. The zero-order chi connectivity index (χ0) is 61.2. The molecule has 0 aliphatic rings. The largest absolute Gasteiger partial charge is 0.477 e. The van der Waals surface area contributed by atoms with Crippen LogP contribution in [-0.4, -0.2) is 87.4 Å². The Hall–Kier alpha value is -1.97. The van der Waals surface area contributed by atoms with Crippen LogP contribution in [0.25, 0.3) is 0 Å². The number of carbonyl (C=O) groups is 3. The Morgan fingerprint density at radius 1 is 0.345 bits per heavy atom. The summed E-state index contributed by atoms with van der Waals surface area (Å²) in [7, 11) is 5.99. The molecule has 0 rings (SSSR count). The first-order valence-electron chi connectivity index (χ1n) is 37.4. The average Bonchev–Trinajstić information content (AvgIpc) is 3.55. The molecule has 0 bridgehead atoms. The maximum atomic E-state index is 12.9. The standard InChI is InChI=1S/C75H145NO8/c1-6-8-10-12-14-16-18-20-22-24-26-28-29-30-31-32-33-34-35-36-37-38-39-40-41-42-43-44-46-47-49-51-53-55-57-59-61-63-65-72(77)82-69-71(70-83-75(74(79)80)81-68-67-76(3,4)5)84-73(78)66-64-62-60-58-56-54-52-50-48-45-27-25-23-21-19-17-15-13-11-9-7-2/h25,27,71,75H,6-24,26,28-70H2,1-5H3/p+1/b27-25-. The van der Waals surface area contributed by atoms with Crippen molar-refractivity contribution in [2.24, 2.45) is 0 Å². The molecule has 498 valence electrons. The fourth-order valence-electron chi connectivity index (χ4n) is 11.5. The minimum atomic E-state index is -1.51. The quantitative estimate of drug-likeness (QED) is 0.0211. The van der Waals surface area contributed by atoms with E-state index in [-0.39, 0.29) is 38.2 Å². The number of nitrogens with zero attached hydrogens (tertiary/aromatic N) is 1. The lowest BCUT2D eigenvalue weighted by Gasteiger charge is -2.25. The first kappa shape index (κ1) is 82.0. The Labute approximate surface area is 523 Å². The number of ether oxygens (including phenoxy) is 4. The highest BCUT2D eigenvalue weighted by atomic mass is 16.7. The third-order valence-electron chi connectivity index (χ3n) is 17.3. The zero-order valence-electron chi connectivity index (χ0n) is 57.1. The second-order valence-electron chi connectivity index (χ2n) is 27.0. The Balaban J connectivity index is 3.93. The van der Waals surface area contributed by atoms with Crippen LogP contribution in [0.15, 0.2) is 12.2 Å². The molecule has 0 heterocycles. The van der Waals surface area contributed by atoms with Crippen molar-refractivity contribution in [2.75, 3.05) is 47.5 Å². The van der Waals surface area contributed by atoms with E-state index >= 15 is 0 Å². The van der Waals surface area contributed by atoms with Crippen molar-refractivity contribution in [1.82, 2.24) is 0 Å². The molecule has 84 heavy (non-hydrogen) atoms. The molecule has 0 radical (unpaired) electrons. The van der Waals surface area contributed by atoms with Crippen molar-refractivity contribution in [2.45, 2.75) is 405 Å². The maximum absolute atomic E-state index is 12.9. The molecule has 0 aliphatic heterocycles. The van der Waals surface area contributed by atoms with E-state index in [2.05, 4.69) is 26.0 Å². The van der Waals surface area contributed by atoms with Crippen LogP contribution >= 0.6 is 0 Å². The van der Waals surface area contributed by atoms with E-state index < -0.39 is 18.4 Å². The van der Waals surface area contributed by atoms with Crippen LogP contribution in [0.5, 0.6) is 0 Å². The fourth-order valence-corrected chi connectivity index (χ4v) is 11.5. The molecule has 2 atom stereocenters. The van der Waals surface area contributed by atoms with Crippen LogP contribution in [-0.2, 0) is 33.3 Å². The summed E-state index contributed by atoms with van der Waals surface area (Å²) in [5.74, 6) is -1.98. The van der Waals surface area contributed by atoms with Gasteiger partial charge in [0.05, 0.1) is 34.4 Å². The second-order valence-corrected chi connectivity index (χ2v) is 27.0. The van der Waals surface area contributed by atoms with Gasteiger partial charge in [0.2, 0.25) is 0 Å². The predicted octanol–water partition coefficient (Wildman–Crippen LogP) is 23.2. The van der Waals surface area contributed by atoms with E-state index in [9.17, 15) is 19.5 Å². The number of hydrogen-bond donors (Lipinski definition) is 1. The van der Waals surface area contributed by atoms with Gasteiger partial charge < -0.3 is 28.5 Å². The lowest BCUT2D eigenvalue weighted by atomic mass is 10.0. The molecule has 9 nitrogen and oxygen atoms in total. The number of carbonyl (C=O) groups excluding carboxylic acids is 2. The van der Waals surface area contributed by atoms with Gasteiger partial charge in [-0.2, -0.15) is 0 Å². The van der Waals surface area contributed by atoms with Gasteiger partial charge in [-0.05, 0) is 38.5 Å². The summed E-state index contributed by atoms with van der Waals surface area (Å²) in [5.41, 5.74) is 0. The highest BCUT2D eigenvalue weighted by molar-refractivity contribution is 5.71. The number of quaternary nitrogens is 1. The Morgan fingerprint density at radius 2 is 0.607 bits per heavy atom. The topological polar surface area (TPSA) is 108 Å². The van der Waals surface area contributed by atoms with E-state index in [0.717, 1.165) is 38.5 Å². The van der Waals surface area contributed by atoms with E-state index in [1.54, 1.807) is 0 Å². The number of likely N-dealkylation sites (N-methyl/N-ethyl adjacent to an activating group) is 1. The third-order valence-corrected chi connectivity index (χ3v) is 17.3. The normalized spacial score (nSPS) is 12.6. The molecule has 0 aromatic heterocycles. The average molecular weight is 1190 g/mol. The van der Waals surface area contributed by atoms with E-state index in [1.807, 2.05) is 21.1 Å². The molecule has 0 amide bonds. The number of hydrogen-bond acceptors (Lipinski definition) is 7. The van der Waals surface area contributed by atoms with Gasteiger partial charge in [0.1, 0.15) is 13.2 Å². The molecule has 0 aromatic carbocycles. The van der Waals surface area contributed by atoms with Crippen LogP contribution in [0.2, 0.25) is 0 Å². The smallest absolute Gasteiger partial charge is 0.361 e. The third kappa shape index (κ3) is 67.5. The zero-order valence-corrected chi connectivity index (χ0v) is 57.1. The van der Waals surface area contributed by atoms with Crippen molar-refractivity contribution in [3.05, 3.63) is 12.2 Å². The number of carboxylic acids is 1. The van der Waals surface area contributed by atoms with Crippen molar-refractivity contribution < 1.29 is 42.9 Å².